The first-order valence-electron chi connectivity index (χ1n) is 5.60. The maximum absolute atomic E-state index is 13.2. The SMILES string of the molecule is CCCn1c(CCl)nnc1-c1cc(F)cc(F)c1. The second-order valence-electron chi connectivity index (χ2n) is 3.88. The summed E-state index contributed by atoms with van der Waals surface area (Å²) in [6, 6.07) is 3.29. The molecule has 0 saturated heterocycles. The number of nitrogens with zero attached hydrogens (tertiary/aromatic N) is 3. The van der Waals surface area contributed by atoms with Crippen molar-refractivity contribution in [1.82, 2.24) is 14.8 Å². The molecule has 18 heavy (non-hydrogen) atoms. The number of halogens is 3. The van der Waals surface area contributed by atoms with Crippen LogP contribution in [0, 0.1) is 11.6 Å². The smallest absolute Gasteiger partial charge is 0.164 e. The van der Waals surface area contributed by atoms with Crippen LogP contribution in [0.15, 0.2) is 18.2 Å². The average Bonchev–Trinajstić information content (AvgIpc) is 2.71. The van der Waals surface area contributed by atoms with E-state index >= 15 is 0 Å². The fraction of sp³-hybridized carbons (Fsp3) is 0.333. The predicted octanol–water partition coefficient (Wildman–Crippen LogP) is 3.37. The van der Waals surface area contributed by atoms with E-state index in [1.165, 1.54) is 12.1 Å². The summed E-state index contributed by atoms with van der Waals surface area (Å²) in [7, 11) is 0. The number of hydrogen-bond donors (Lipinski definition) is 0. The number of benzene rings is 1. The Labute approximate surface area is 108 Å². The summed E-state index contributed by atoms with van der Waals surface area (Å²) < 4.78 is 28.2. The number of hydrogen-bond acceptors (Lipinski definition) is 2. The fourth-order valence-electron chi connectivity index (χ4n) is 1.79. The molecule has 0 bridgehead atoms. The van der Waals surface area contributed by atoms with Crippen LogP contribution >= 0.6 is 11.6 Å². The molecule has 1 aromatic carbocycles. The van der Waals surface area contributed by atoms with Gasteiger partial charge in [-0.15, -0.1) is 21.8 Å². The monoisotopic (exact) mass is 271 g/mol. The molecule has 0 atom stereocenters. The maximum Gasteiger partial charge on any atom is 0.164 e. The molecule has 0 aliphatic carbocycles. The van der Waals surface area contributed by atoms with Crippen LogP contribution in [0.5, 0.6) is 0 Å². The Morgan fingerprint density at radius 3 is 2.39 bits per heavy atom. The lowest BCUT2D eigenvalue weighted by molar-refractivity contribution is 0.583. The molecule has 0 saturated carbocycles. The van der Waals surface area contributed by atoms with E-state index in [0.717, 1.165) is 12.5 Å². The van der Waals surface area contributed by atoms with Crippen molar-refractivity contribution in [2.75, 3.05) is 0 Å². The zero-order chi connectivity index (χ0) is 13.1. The van der Waals surface area contributed by atoms with E-state index in [1.54, 1.807) is 4.57 Å². The van der Waals surface area contributed by atoms with Crippen LogP contribution in [-0.2, 0) is 12.4 Å². The number of rotatable bonds is 4. The van der Waals surface area contributed by atoms with Gasteiger partial charge in [0.15, 0.2) is 5.82 Å². The minimum Gasteiger partial charge on any atom is -0.310 e. The zero-order valence-electron chi connectivity index (χ0n) is 9.83. The number of aromatic nitrogens is 3. The van der Waals surface area contributed by atoms with Crippen molar-refractivity contribution in [2.45, 2.75) is 25.8 Å². The quantitative estimate of drug-likeness (QED) is 0.798. The highest BCUT2D eigenvalue weighted by Crippen LogP contribution is 2.21. The third kappa shape index (κ3) is 2.51. The maximum atomic E-state index is 13.2. The molecule has 0 aliphatic rings. The van der Waals surface area contributed by atoms with Crippen molar-refractivity contribution in [2.24, 2.45) is 0 Å². The van der Waals surface area contributed by atoms with Crippen LogP contribution < -0.4 is 0 Å². The van der Waals surface area contributed by atoms with Gasteiger partial charge in [0, 0.05) is 18.2 Å². The average molecular weight is 272 g/mol. The summed E-state index contributed by atoms with van der Waals surface area (Å²) >= 11 is 5.76. The van der Waals surface area contributed by atoms with E-state index in [4.69, 9.17) is 11.6 Å². The Hall–Kier alpha value is -1.49. The standard InChI is InChI=1S/C12H12ClF2N3/c1-2-3-18-11(7-13)16-17-12(18)8-4-9(14)6-10(15)5-8/h4-6H,2-3,7H2,1H3. The topological polar surface area (TPSA) is 30.7 Å². The van der Waals surface area contributed by atoms with Gasteiger partial charge in [-0.1, -0.05) is 6.92 Å². The molecule has 0 fully saturated rings. The van der Waals surface area contributed by atoms with Crippen LogP contribution in [-0.4, -0.2) is 14.8 Å². The van der Waals surface area contributed by atoms with Crippen LogP contribution in [0.1, 0.15) is 19.2 Å². The largest absolute Gasteiger partial charge is 0.310 e. The van der Waals surface area contributed by atoms with Crippen LogP contribution in [0.2, 0.25) is 0 Å². The van der Waals surface area contributed by atoms with Crippen molar-refractivity contribution in [3.8, 4) is 11.4 Å². The number of alkyl halides is 1. The van der Waals surface area contributed by atoms with Gasteiger partial charge in [-0.2, -0.15) is 0 Å². The highest BCUT2D eigenvalue weighted by molar-refractivity contribution is 6.16. The van der Waals surface area contributed by atoms with Gasteiger partial charge in [0.05, 0.1) is 5.88 Å². The Balaban J connectivity index is 2.52. The van der Waals surface area contributed by atoms with Crippen LogP contribution in [0.4, 0.5) is 8.78 Å². The molecular weight excluding hydrogens is 260 g/mol. The lowest BCUT2D eigenvalue weighted by atomic mass is 10.2. The summed E-state index contributed by atoms with van der Waals surface area (Å²) in [6.07, 6.45) is 0.854. The first-order chi connectivity index (χ1) is 8.65. The molecule has 3 nitrogen and oxygen atoms in total. The second-order valence-corrected chi connectivity index (χ2v) is 4.15. The molecule has 2 aromatic rings. The third-order valence-electron chi connectivity index (χ3n) is 2.51. The summed E-state index contributed by atoms with van der Waals surface area (Å²) in [4.78, 5) is 0. The summed E-state index contributed by atoms with van der Waals surface area (Å²) in [5, 5.41) is 7.88. The van der Waals surface area contributed by atoms with Crippen LogP contribution in [0.25, 0.3) is 11.4 Å². The van der Waals surface area contributed by atoms with Gasteiger partial charge in [0.2, 0.25) is 0 Å². The minimum atomic E-state index is -0.636. The lowest BCUT2D eigenvalue weighted by Crippen LogP contribution is -2.04. The van der Waals surface area contributed by atoms with Gasteiger partial charge in [-0.05, 0) is 18.6 Å². The molecule has 1 aromatic heterocycles. The molecule has 6 heteroatoms. The molecule has 1 heterocycles. The van der Waals surface area contributed by atoms with Crippen molar-refractivity contribution in [3.05, 3.63) is 35.7 Å². The van der Waals surface area contributed by atoms with Crippen molar-refractivity contribution in [3.63, 3.8) is 0 Å². The molecule has 0 amide bonds. The van der Waals surface area contributed by atoms with Gasteiger partial charge >= 0.3 is 0 Å². The molecule has 0 spiro atoms. The molecule has 0 aliphatic heterocycles. The lowest BCUT2D eigenvalue weighted by Gasteiger charge is -2.07. The first-order valence-corrected chi connectivity index (χ1v) is 6.13. The molecule has 0 unspecified atom stereocenters. The Morgan fingerprint density at radius 1 is 1.17 bits per heavy atom. The van der Waals surface area contributed by atoms with E-state index in [2.05, 4.69) is 10.2 Å². The van der Waals surface area contributed by atoms with Crippen molar-refractivity contribution in [1.29, 1.82) is 0 Å². The highest BCUT2D eigenvalue weighted by Gasteiger charge is 2.14. The highest BCUT2D eigenvalue weighted by atomic mass is 35.5. The molecule has 0 N–H and O–H groups in total. The normalized spacial score (nSPS) is 10.9. The molecule has 96 valence electrons. The van der Waals surface area contributed by atoms with E-state index in [0.29, 0.717) is 23.8 Å². The van der Waals surface area contributed by atoms with E-state index in [-0.39, 0.29) is 5.88 Å². The van der Waals surface area contributed by atoms with Crippen molar-refractivity contribution >= 4 is 11.6 Å². The molecule has 2 rings (SSSR count). The van der Waals surface area contributed by atoms with Gasteiger partial charge in [-0.3, -0.25) is 0 Å². The van der Waals surface area contributed by atoms with E-state index in [9.17, 15) is 8.78 Å². The second kappa shape index (κ2) is 5.44. The van der Waals surface area contributed by atoms with Gasteiger partial charge < -0.3 is 4.57 Å². The van der Waals surface area contributed by atoms with Crippen molar-refractivity contribution < 1.29 is 8.78 Å². The third-order valence-corrected chi connectivity index (χ3v) is 2.75. The summed E-state index contributed by atoms with van der Waals surface area (Å²) in [5.74, 6) is -0.0267. The van der Waals surface area contributed by atoms with Gasteiger partial charge in [0.1, 0.15) is 17.5 Å². The fourth-order valence-corrected chi connectivity index (χ4v) is 1.99. The first kappa shape index (κ1) is 13.0. The summed E-state index contributed by atoms with van der Waals surface area (Å²) in [5.41, 5.74) is 0.366. The molecular formula is C12H12ClF2N3. The Morgan fingerprint density at radius 2 is 1.83 bits per heavy atom. The minimum absolute atomic E-state index is 0.213. The summed E-state index contributed by atoms with van der Waals surface area (Å²) in [6.45, 7) is 2.65. The van der Waals surface area contributed by atoms with Gasteiger partial charge in [-0.25, -0.2) is 8.78 Å². The van der Waals surface area contributed by atoms with E-state index in [1.807, 2.05) is 6.92 Å². The van der Waals surface area contributed by atoms with Crippen LogP contribution in [0.3, 0.4) is 0 Å². The van der Waals surface area contributed by atoms with Gasteiger partial charge in [0.25, 0.3) is 0 Å². The zero-order valence-corrected chi connectivity index (χ0v) is 10.6. The Bertz CT molecular complexity index is 534. The molecule has 0 radical (unpaired) electrons. The Kier molecular flexibility index (Phi) is 3.91. The van der Waals surface area contributed by atoms with E-state index < -0.39 is 11.6 Å². The predicted molar refractivity (Wildman–Crippen MR) is 65.2 cm³/mol.